The average molecular weight is 225 g/mol. The van der Waals surface area contributed by atoms with E-state index < -0.39 is 5.60 Å². The van der Waals surface area contributed by atoms with Gasteiger partial charge in [-0.25, -0.2) is 0 Å². The topological polar surface area (TPSA) is 49.8 Å². The third kappa shape index (κ3) is 1.71. The Kier molecular flexibility index (Phi) is 2.93. The van der Waals surface area contributed by atoms with E-state index in [0.29, 0.717) is 6.42 Å². The van der Waals surface area contributed by atoms with Gasteiger partial charge in [0.2, 0.25) is 5.78 Å². The van der Waals surface area contributed by atoms with Crippen molar-refractivity contribution in [2.24, 2.45) is 0 Å². The normalized spacial score (nSPS) is 31.4. The Hall–Kier alpha value is -1.03. The number of rotatable bonds is 2. The maximum Gasteiger partial charge on any atom is 0.230 e. The molecule has 90 valence electrons. The van der Waals surface area contributed by atoms with Crippen LogP contribution >= 0.6 is 0 Å². The number of hydrogen-bond donors (Lipinski definition) is 1. The number of nitrogens with zero attached hydrogens (tertiary/aromatic N) is 1. The Morgan fingerprint density at radius 2 is 1.94 bits per heavy atom. The van der Waals surface area contributed by atoms with Crippen LogP contribution in [0.2, 0.25) is 0 Å². The number of piperidine rings is 1. The van der Waals surface area contributed by atoms with Gasteiger partial charge in [0.1, 0.15) is 5.60 Å². The van der Waals surface area contributed by atoms with E-state index in [9.17, 15) is 9.90 Å². The van der Waals surface area contributed by atoms with Crippen LogP contribution in [0.25, 0.3) is 0 Å². The lowest BCUT2D eigenvalue weighted by Crippen LogP contribution is -2.35. The number of carbonyl (C=O) groups is 1. The molecule has 1 N–H and O–H groups in total. The molecule has 0 aromatic rings. The first-order chi connectivity index (χ1) is 7.58. The van der Waals surface area contributed by atoms with Crippen molar-refractivity contribution >= 4 is 5.78 Å². The Morgan fingerprint density at radius 1 is 1.31 bits per heavy atom. The molecule has 1 atom stereocenters. The van der Waals surface area contributed by atoms with Crippen LogP contribution in [0.3, 0.4) is 0 Å². The molecule has 1 fully saturated rings. The molecule has 0 aromatic carbocycles. The number of aliphatic hydroxyl groups excluding tert-OH is 1. The van der Waals surface area contributed by atoms with Crippen molar-refractivity contribution in [3.05, 3.63) is 11.5 Å². The van der Waals surface area contributed by atoms with Crippen molar-refractivity contribution in [3.8, 4) is 0 Å². The molecule has 4 nitrogen and oxygen atoms in total. The molecule has 16 heavy (non-hydrogen) atoms. The number of ether oxygens (including phenoxy) is 1. The summed E-state index contributed by atoms with van der Waals surface area (Å²) in [4.78, 5) is 14.0. The predicted octanol–water partition coefficient (Wildman–Crippen LogP) is 1.62. The van der Waals surface area contributed by atoms with Gasteiger partial charge < -0.3 is 14.7 Å². The maximum atomic E-state index is 11.9. The molecule has 2 rings (SSSR count). The lowest BCUT2D eigenvalue weighted by molar-refractivity contribution is -0.135. The van der Waals surface area contributed by atoms with Gasteiger partial charge in [0.25, 0.3) is 0 Å². The largest absolute Gasteiger partial charge is 0.503 e. The number of Topliss-reactive ketones (excluding diaryl/α,β-unsaturated/α-hetero) is 1. The molecule has 1 heterocycles. The number of likely N-dealkylation sites (tertiary alicyclic amines) is 1. The first-order valence-corrected chi connectivity index (χ1v) is 5.85. The van der Waals surface area contributed by atoms with Gasteiger partial charge in [0, 0.05) is 26.6 Å². The van der Waals surface area contributed by atoms with Gasteiger partial charge in [-0.15, -0.1) is 0 Å². The Bertz CT molecular complexity index is 331. The van der Waals surface area contributed by atoms with E-state index in [-0.39, 0.29) is 11.5 Å². The number of ketones is 1. The fourth-order valence-electron chi connectivity index (χ4n) is 2.46. The minimum Gasteiger partial charge on any atom is -0.503 e. The molecule has 1 saturated heterocycles. The number of carbonyl (C=O) groups excluding carboxylic acids is 1. The average Bonchev–Trinajstić information content (AvgIpc) is 2.56. The van der Waals surface area contributed by atoms with Gasteiger partial charge in [-0.2, -0.15) is 0 Å². The van der Waals surface area contributed by atoms with Crippen molar-refractivity contribution in [2.45, 2.75) is 38.2 Å². The highest BCUT2D eigenvalue weighted by atomic mass is 16.5. The number of methoxy groups -OCH3 is 1. The molecular formula is C12H19NO3. The van der Waals surface area contributed by atoms with Crippen molar-refractivity contribution < 1.29 is 14.6 Å². The Labute approximate surface area is 95.9 Å². The fourth-order valence-corrected chi connectivity index (χ4v) is 2.46. The van der Waals surface area contributed by atoms with Crippen molar-refractivity contribution in [1.29, 1.82) is 0 Å². The predicted molar refractivity (Wildman–Crippen MR) is 60.1 cm³/mol. The van der Waals surface area contributed by atoms with Crippen LogP contribution < -0.4 is 0 Å². The summed E-state index contributed by atoms with van der Waals surface area (Å²) < 4.78 is 5.22. The molecule has 2 aliphatic rings. The fraction of sp³-hybridized carbons (Fsp3) is 0.750. The van der Waals surface area contributed by atoms with Crippen LogP contribution in [-0.2, 0) is 9.53 Å². The lowest BCUT2D eigenvalue weighted by Gasteiger charge is -2.30. The third-order valence-corrected chi connectivity index (χ3v) is 3.66. The van der Waals surface area contributed by atoms with Crippen molar-refractivity contribution in [3.63, 3.8) is 0 Å². The van der Waals surface area contributed by atoms with Crippen LogP contribution in [0.5, 0.6) is 0 Å². The SMILES string of the molecule is COC1(C)CC(N2CCCCC2)=C(O)C1=O. The van der Waals surface area contributed by atoms with E-state index in [0.717, 1.165) is 31.6 Å². The van der Waals surface area contributed by atoms with E-state index in [1.54, 1.807) is 6.92 Å². The third-order valence-electron chi connectivity index (χ3n) is 3.66. The van der Waals surface area contributed by atoms with Crippen LogP contribution in [0, 0.1) is 0 Å². The number of hydrogen-bond acceptors (Lipinski definition) is 4. The zero-order valence-corrected chi connectivity index (χ0v) is 9.95. The quantitative estimate of drug-likeness (QED) is 0.776. The summed E-state index contributed by atoms with van der Waals surface area (Å²) in [5.74, 6) is -0.373. The van der Waals surface area contributed by atoms with E-state index in [1.807, 2.05) is 0 Å². The molecule has 1 aliphatic carbocycles. The Morgan fingerprint density at radius 3 is 2.44 bits per heavy atom. The summed E-state index contributed by atoms with van der Waals surface area (Å²) in [7, 11) is 1.52. The summed E-state index contributed by atoms with van der Waals surface area (Å²) in [5.41, 5.74) is -0.0920. The molecule has 0 amide bonds. The van der Waals surface area contributed by atoms with Crippen LogP contribution in [0.15, 0.2) is 11.5 Å². The Balaban J connectivity index is 2.19. The van der Waals surface area contributed by atoms with E-state index in [2.05, 4.69) is 4.90 Å². The highest BCUT2D eigenvalue weighted by Gasteiger charge is 2.45. The monoisotopic (exact) mass is 225 g/mol. The van der Waals surface area contributed by atoms with Gasteiger partial charge in [-0.3, -0.25) is 4.79 Å². The second kappa shape index (κ2) is 4.09. The summed E-state index contributed by atoms with van der Waals surface area (Å²) in [5, 5.41) is 9.88. The van der Waals surface area contributed by atoms with Gasteiger partial charge in [0.05, 0.1) is 5.70 Å². The zero-order valence-electron chi connectivity index (χ0n) is 9.95. The van der Waals surface area contributed by atoms with Gasteiger partial charge >= 0.3 is 0 Å². The molecule has 1 aliphatic heterocycles. The standard InChI is InChI=1S/C12H19NO3/c1-12(16-2)8-9(10(14)11(12)15)13-6-4-3-5-7-13/h14H,3-8H2,1-2H3. The molecule has 0 saturated carbocycles. The van der Waals surface area contributed by atoms with Crippen LogP contribution in [0.4, 0.5) is 0 Å². The summed E-state index contributed by atoms with van der Waals surface area (Å²) >= 11 is 0. The summed E-state index contributed by atoms with van der Waals surface area (Å²) in [6.45, 7) is 3.61. The first-order valence-electron chi connectivity index (χ1n) is 5.85. The highest BCUT2D eigenvalue weighted by molar-refractivity contribution is 6.03. The van der Waals surface area contributed by atoms with E-state index in [1.165, 1.54) is 13.5 Å². The highest BCUT2D eigenvalue weighted by Crippen LogP contribution is 2.35. The molecule has 0 spiro atoms. The first kappa shape index (κ1) is 11.5. The van der Waals surface area contributed by atoms with Gasteiger partial charge in [-0.1, -0.05) is 0 Å². The molecule has 0 aromatic heterocycles. The van der Waals surface area contributed by atoms with Crippen molar-refractivity contribution in [2.75, 3.05) is 20.2 Å². The van der Waals surface area contributed by atoms with E-state index in [4.69, 9.17) is 4.74 Å². The summed E-state index contributed by atoms with van der Waals surface area (Å²) in [6.07, 6.45) is 4.00. The smallest absolute Gasteiger partial charge is 0.230 e. The molecular weight excluding hydrogens is 206 g/mol. The minimum absolute atomic E-state index is 0.0914. The summed E-state index contributed by atoms with van der Waals surface area (Å²) in [6, 6.07) is 0. The van der Waals surface area contributed by atoms with Crippen molar-refractivity contribution in [1.82, 2.24) is 4.90 Å². The minimum atomic E-state index is -0.864. The molecule has 4 heteroatoms. The van der Waals surface area contributed by atoms with Gasteiger partial charge in [0.15, 0.2) is 5.76 Å². The molecule has 1 unspecified atom stereocenters. The second-order valence-electron chi connectivity index (χ2n) is 4.78. The maximum absolute atomic E-state index is 11.9. The van der Waals surface area contributed by atoms with E-state index >= 15 is 0 Å². The van der Waals surface area contributed by atoms with Gasteiger partial charge in [-0.05, 0) is 26.2 Å². The lowest BCUT2D eigenvalue weighted by atomic mass is 10.0. The molecule has 0 radical (unpaired) electrons. The second-order valence-corrected chi connectivity index (χ2v) is 4.78. The zero-order chi connectivity index (χ0) is 11.8. The van der Waals surface area contributed by atoms with Crippen LogP contribution in [-0.4, -0.2) is 41.6 Å². The molecule has 0 bridgehead atoms. The number of aliphatic hydroxyl groups is 1. The van der Waals surface area contributed by atoms with Crippen LogP contribution in [0.1, 0.15) is 32.6 Å².